The summed E-state index contributed by atoms with van der Waals surface area (Å²) in [6.07, 6.45) is 1.05. The summed E-state index contributed by atoms with van der Waals surface area (Å²) in [6, 6.07) is 5.77. The molecule has 1 fully saturated rings. The van der Waals surface area contributed by atoms with Crippen molar-refractivity contribution in [3.63, 3.8) is 0 Å². The second-order valence-corrected chi connectivity index (χ2v) is 8.71. The first-order chi connectivity index (χ1) is 13.2. The van der Waals surface area contributed by atoms with E-state index in [1.807, 2.05) is 0 Å². The molecule has 0 radical (unpaired) electrons. The van der Waals surface area contributed by atoms with Crippen molar-refractivity contribution >= 4 is 27.7 Å². The molecule has 2 rings (SSSR count). The second kappa shape index (κ2) is 9.18. The van der Waals surface area contributed by atoms with E-state index in [0.29, 0.717) is 24.9 Å². The summed E-state index contributed by atoms with van der Waals surface area (Å²) in [7, 11) is -2.06. The van der Waals surface area contributed by atoms with Crippen LogP contribution in [0.3, 0.4) is 0 Å². The Hall–Kier alpha value is -2.42. The van der Waals surface area contributed by atoms with E-state index in [0.717, 1.165) is 6.26 Å². The van der Waals surface area contributed by atoms with Crippen LogP contribution in [-0.2, 0) is 28.9 Å². The number of carbonyl (C=O) groups is 3. The van der Waals surface area contributed by atoms with E-state index < -0.39 is 33.9 Å². The van der Waals surface area contributed by atoms with Gasteiger partial charge in [-0.1, -0.05) is 12.1 Å². The van der Waals surface area contributed by atoms with Crippen molar-refractivity contribution < 1.29 is 32.3 Å². The Morgan fingerprint density at radius 2 is 1.82 bits per heavy atom. The van der Waals surface area contributed by atoms with E-state index in [1.54, 1.807) is 19.1 Å². The van der Waals surface area contributed by atoms with Gasteiger partial charge in [-0.15, -0.1) is 0 Å². The van der Waals surface area contributed by atoms with Crippen LogP contribution in [0.5, 0.6) is 0 Å². The summed E-state index contributed by atoms with van der Waals surface area (Å²) in [6.45, 7) is 2.18. The fraction of sp³-hybridized carbons (Fsp3) is 0.526. The molecule has 1 heterocycles. The van der Waals surface area contributed by atoms with Gasteiger partial charge >= 0.3 is 12.1 Å². The van der Waals surface area contributed by atoms with Crippen LogP contribution in [0, 0.1) is 5.92 Å². The highest BCUT2D eigenvalue weighted by Crippen LogP contribution is 2.36. The molecule has 8 nitrogen and oxygen atoms in total. The van der Waals surface area contributed by atoms with Gasteiger partial charge in [0.15, 0.2) is 9.84 Å². The maximum atomic E-state index is 12.5. The molecule has 0 saturated carbocycles. The van der Waals surface area contributed by atoms with E-state index in [-0.39, 0.29) is 23.7 Å². The third-order valence-corrected chi connectivity index (χ3v) is 5.91. The van der Waals surface area contributed by atoms with Crippen LogP contribution in [0.25, 0.3) is 0 Å². The number of rotatable bonds is 6. The number of nitrogens with zero attached hydrogens (tertiary/aromatic N) is 1. The van der Waals surface area contributed by atoms with E-state index in [4.69, 9.17) is 9.47 Å². The first kappa shape index (κ1) is 21.9. The normalized spacial score (nSPS) is 19.8. The maximum absolute atomic E-state index is 12.5. The van der Waals surface area contributed by atoms with Crippen molar-refractivity contribution in [3.8, 4) is 0 Å². The summed E-state index contributed by atoms with van der Waals surface area (Å²) >= 11 is 0. The van der Waals surface area contributed by atoms with E-state index in [2.05, 4.69) is 0 Å². The number of ketones is 1. The van der Waals surface area contributed by atoms with Gasteiger partial charge in [0, 0.05) is 18.7 Å². The largest absolute Gasteiger partial charge is 0.466 e. The lowest BCUT2D eigenvalue weighted by Gasteiger charge is -2.38. The number of hydrogen-bond donors (Lipinski definition) is 0. The molecule has 0 N–H and O–H groups in total. The quantitative estimate of drug-likeness (QED) is 0.521. The van der Waals surface area contributed by atoms with Crippen LogP contribution < -0.4 is 0 Å². The molecule has 1 amide bonds. The van der Waals surface area contributed by atoms with Crippen molar-refractivity contribution in [2.45, 2.75) is 37.1 Å². The molecule has 1 aromatic carbocycles. The van der Waals surface area contributed by atoms with Crippen molar-refractivity contribution in [1.82, 2.24) is 4.90 Å². The molecule has 9 heteroatoms. The lowest BCUT2D eigenvalue weighted by molar-refractivity contribution is -0.146. The van der Waals surface area contributed by atoms with Crippen molar-refractivity contribution in [2.24, 2.45) is 5.92 Å². The van der Waals surface area contributed by atoms with Gasteiger partial charge in [0.25, 0.3) is 0 Å². The first-order valence-electron chi connectivity index (χ1n) is 9.00. The smallest absolute Gasteiger partial charge is 0.409 e. The van der Waals surface area contributed by atoms with Crippen LogP contribution in [0.15, 0.2) is 29.2 Å². The lowest BCUT2D eigenvalue weighted by atomic mass is 9.84. The van der Waals surface area contributed by atoms with E-state index in [1.165, 1.54) is 24.1 Å². The molecule has 154 valence electrons. The van der Waals surface area contributed by atoms with Crippen molar-refractivity contribution in [1.29, 1.82) is 0 Å². The van der Waals surface area contributed by atoms with Gasteiger partial charge in [0.05, 0.1) is 24.7 Å². The minimum Gasteiger partial charge on any atom is -0.466 e. The Balaban J connectivity index is 2.24. The van der Waals surface area contributed by atoms with Crippen molar-refractivity contribution in [3.05, 3.63) is 29.8 Å². The number of piperidine rings is 1. The molecule has 2 unspecified atom stereocenters. The Morgan fingerprint density at radius 3 is 2.36 bits per heavy atom. The summed E-state index contributed by atoms with van der Waals surface area (Å²) in [4.78, 5) is 37.9. The van der Waals surface area contributed by atoms with Gasteiger partial charge in [0.2, 0.25) is 0 Å². The highest BCUT2D eigenvalue weighted by molar-refractivity contribution is 7.90. The van der Waals surface area contributed by atoms with Gasteiger partial charge in [-0.25, -0.2) is 13.2 Å². The van der Waals surface area contributed by atoms with Crippen LogP contribution >= 0.6 is 0 Å². The lowest BCUT2D eigenvalue weighted by Crippen LogP contribution is -2.43. The average molecular weight is 411 g/mol. The number of amides is 1. The van der Waals surface area contributed by atoms with E-state index in [9.17, 15) is 22.8 Å². The molecule has 1 aliphatic rings. The zero-order valence-corrected chi connectivity index (χ0v) is 17.0. The maximum Gasteiger partial charge on any atom is 0.409 e. The molecule has 2 atom stereocenters. The second-order valence-electron chi connectivity index (χ2n) is 6.69. The Bertz CT molecular complexity index is 832. The Morgan fingerprint density at radius 1 is 1.18 bits per heavy atom. The van der Waals surface area contributed by atoms with Gasteiger partial charge in [-0.2, -0.15) is 0 Å². The topological polar surface area (TPSA) is 107 Å². The zero-order chi connectivity index (χ0) is 20.9. The molecule has 0 aliphatic carbocycles. The predicted molar refractivity (Wildman–Crippen MR) is 100 cm³/mol. The highest BCUT2D eigenvalue weighted by Gasteiger charge is 2.36. The predicted octanol–water partition coefficient (Wildman–Crippen LogP) is 2.13. The number of sulfone groups is 1. The van der Waals surface area contributed by atoms with E-state index >= 15 is 0 Å². The molecule has 1 aromatic rings. The molecule has 1 saturated heterocycles. The highest BCUT2D eigenvalue weighted by atomic mass is 32.2. The number of ether oxygens (including phenoxy) is 2. The van der Waals surface area contributed by atoms with Gasteiger partial charge in [-0.05, 0) is 37.5 Å². The fourth-order valence-electron chi connectivity index (χ4n) is 3.35. The number of benzene rings is 1. The standard InChI is InChI=1S/C19H25NO7S/c1-4-27-18(22)12-17(21)14-9-10-20(19(23)26-2)16(11-14)13-5-7-15(8-6-13)28(3,24)25/h5-8,14,16H,4,9-12H2,1-3H3. The van der Waals surface area contributed by atoms with Crippen LogP contribution in [0.4, 0.5) is 4.79 Å². The zero-order valence-electron chi connectivity index (χ0n) is 16.2. The molecule has 0 bridgehead atoms. The number of likely N-dealkylation sites (tertiary alicyclic amines) is 1. The Kier molecular flexibility index (Phi) is 7.17. The number of methoxy groups -OCH3 is 1. The summed E-state index contributed by atoms with van der Waals surface area (Å²) in [5, 5.41) is 0. The average Bonchev–Trinajstić information content (AvgIpc) is 2.66. The molecule has 0 aromatic heterocycles. The number of Topliss-reactive ketones (excluding diaryl/α,β-unsaturated/α-hetero) is 1. The summed E-state index contributed by atoms with van der Waals surface area (Å²) in [5.74, 6) is -1.18. The molecular weight excluding hydrogens is 386 g/mol. The molecule has 1 aliphatic heterocycles. The third-order valence-electron chi connectivity index (χ3n) is 4.78. The first-order valence-corrected chi connectivity index (χ1v) is 10.9. The SMILES string of the molecule is CCOC(=O)CC(=O)C1CCN(C(=O)OC)C(c2ccc(S(C)(=O)=O)cc2)C1. The van der Waals surface area contributed by atoms with Crippen LogP contribution in [0.1, 0.15) is 37.8 Å². The number of carbonyl (C=O) groups excluding carboxylic acids is 3. The van der Waals surface area contributed by atoms with Crippen LogP contribution in [0.2, 0.25) is 0 Å². The summed E-state index contributed by atoms with van der Waals surface area (Å²) < 4.78 is 33.0. The summed E-state index contributed by atoms with van der Waals surface area (Å²) in [5.41, 5.74) is 0.700. The molecule has 0 spiro atoms. The number of esters is 1. The minimum atomic E-state index is -3.34. The minimum absolute atomic E-state index is 0.173. The molecule has 28 heavy (non-hydrogen) atoms. The van der Waals surface area contributed by atoms with Gasteiger partial charge in [0.1, 0.15) is 12.2 Å². The van der Waals surface area contributed by atoms with Crippen LogP contribution in [-0.4, -0.2) is 57.7 Å². The third kappa shape index (κ3) is 5.31. The van der Waals surface area contributed by atoms with Gasteiger partial charge in [-0.3, -0.25) is 9.59 Å². The van der Waals surface area contributed by atoms with Crippen molar-refractivity contribution in [2.75, 3.05) is 26.5 Å². The molecular formula is C19H25NO7S. The van der Waals surface area contributed by atoms with Gasteiger partial charge < -0.3 is 14.4 Å². The number of hydrogen-bond acceptors (Lipinski definition) is 7. The monoisotopic (exact) mass is 411 g/mol. The Labute approximate surface area is 164 Å². The fourth-order valence-corrected chi connectivity index (χ4v) is 3.98.